The lowest BCUT2D eigenvalue weighted by atomic mass is 10.2. The summed E-state index contributed by atoms with van der Waals surface area (Å²) in [6, 6.07) is 0. The third kappa shape index (κ3) is 2.62. The van der Waals surface area contributed by atoms with Crippen LogP contribution in [-0.2, 0) is 9.47 Å². The normalized spacial score (nSPS) is 30.0. The maximum atomic E-state index is 5.15. The summed E-state index contributed by atoms with van der Waals surface area (Å²) in [7, 11) is 3.36. The first-order valence-corrected chi connectivity index (χ1v) is 5.13. The Labute approximate surface area is 78.2 Å². The molecule has 72 valence electrons. The molecule has 1 fully saturated rings. The highest BCUT2D eigenvalue weighted by Crippen LogP contribution is 2.31. The van der Waals surface area contributed by atoms with E-state index >= 15 is 0 Å². The van der Waals surface area contributed by atoms with Gasteiger partial charge in [0.05, 0.1) is 4.87 Å². The van der Waals surface area contributed by atoms with Crippen molar-refractivity contribution in [2.75, 3.05) is 26.5 Å². The minimum absolute atomic E-state index is 0.0897. The molecule has 12 heavy (non-hydrogen) atoms. The van der Waals surface area contributed by atoms with E-state index < -0.39 is 0 Å². The second-order valence-electron chi connectivity index (χ2n) is 3.11. The van der Waals surface area contributed by atoms with E-state index in [1.165, 1.54) is 5.75 Å². The molecule has 1 N–H and O–H groups in total. The van der Waals surface area contributed by atoms with Crippen LogP contribution in [0.15, 0.2) is 0 Å². The van der Waals surface area contributed by atoms with E-state index in [-0.39, 0.29) is 11.2 Å². The van der Waals surface area contributed by atoms with Gasteiger partial charge in [-0.1, -0.05) is 0 Å². The van der Waals surface area contributed by atoms with Crippen molar-refractivity contribution in [1.82, 2.24) is 5.32 Å². The standard InChI is InChI=1S/C8H17NO2S/c1-8(9-4-5-12-8)6-7(10-2)11-3/h7,9H,4-6H2,1-3H3. The Kier molecular flexibility index (Phi) is 3.83. The number of thioether (sulfide) groups is 1. The largest absolute Gasteiger partial charge is 0.356 e. The quantitative estimate of drug-likeness (QED) is 0.673. The summed E-state index contributed by atoms with van der Waals surface area (Å²) in [4.78, 5) is 0.136. The maximum Gasteiger partial charge on any atom is 0.159 e. The molecule has 0 amide bonds. The summed E-state index contributed by atoms with van der Waals surface area (Å²) in [6.45, 7) is 3.27. The first-order chi connectivity index (χ1) is 5.70. The number of hydrogen-bond acceptors (Lipinski definition) is 4. The number of nitrogens with one attached hydrogen (secondary N) is 1. The van der Waals surface area contributed by atoms with Crippen molar-refractivity contribution in [2.24, 2.45) is 0 Å². The van der Waals surface area contributed by atoms with E-state index in [9.17, 15) is 0 Å². The topological polar surface area (TPSA) is 30.5 Å². The molecule has 0 radical (unpaired) electrons. The summed E-state index contributed by atoms with van der Waals surface area (Å²) in [5.41, 5.74) is 0. The van der Waals surface area contributed by atoms with Crippen molar-refractivity contribution >= 4 is 11.8 Å². The molecular formula is C8H17NO2S. The molecule has 1 atom stereocenters. The minimum atomic E-state index is -0.0897. The summed E-state index contributed by atoms with van der Waals surface area (Å²) in [6.07, 6.45) is 0.804. The Bertz CT molecular complexity index is 133. The van der Waals surface area contributed by atoms with Crippen LogP contribution in [0.2, 0.25) is 0 Å². The predicted octanol–water partition coefficient (Wildman–Crippen LogP) is 1.05. The molecule has 0 bridgehead atoms. The maximum absolute atomic E-state index is 5.15. The summed E-state index contributed by atoms with van der Waals surface area (Å²) in [5, 5.41) is 3.44. The second-order valence-corrected chi connectivity index (χ2v) is 4.71. The molecular weight excluding hydrogens is 174 g/mol. The first-order valence-electron chi connectivity index (χ1n) is 4.15. The number of rotatable bonds is 4. The zero-order valence-corrected chi connectivity index (χ0v) is 8.74. The molecule has 3 nitrogen and oxygen atoms in total. The molecule has 1 saturated heterocycles. The number of ether oxygens (including phenoxy) is 2. The Morgan fingerprint density at radius 2 is 2.17 bits per heavy atom. The molecule has 0 aromatic heterocycles. The fourth-order valence-corrected chi connectivity index (χ4v) is 2.47. The van der Waals surface area contributed by atoms with Crippen LogP contribution in [0.4, 0.5) is 0 Å². The van der Waals surface area contributed by atoms with Crippen molar-refractivity contribution in [3.05, 3.63) is 0 Å². The second kappa shape index (κ2) is 4.46. The lowest BCUT2D eigenvalue weighted by Crippen LogP contribution is -2.38. The fourth-order valence-electron chi connectivity index (χ4n) is 1.35. The van der Waals surface area contributed by atoms with Gasteiger partial charge in [-0.15, -0.1) is 11.8 Å². The van der Waals surface area contributed by atoms with Crippen LogP contribution in [0.25, 0.3) is 0 Å². The summed E-state index contributed by atoms with van der Waals surface area (Å²) < 4.78 is 10.3. The molecule has 4 heteroatoms. The third-order valence-corrected chi connectivity index (χ3v) is 3.46. The molecule has 0 aliphatic carbocycles. The molecule has 1 rings (SSSR count). The monoisotopic (exact) mass is 191 g/mol. The summed E-state index contributed by atoms with van der Waals surface area (Å²) in [5.74, 6) is 1.18. The van der Waals surface area contributed by atoms with Gasteiger partial charge in [0.2, 0.25) is 0 Å². The highest BCUT2D eigenvalue weighted by Gasteiger charge is 2.31. The van der Waals surface area contributed by atoms with Gasteiger partial charge in [0, 0.05) is 32.9 Å². The van der Waals surface area contributed by atoms with Crippen LogP contribution in [-0.4, -0.2) is 37.7 Å². The fraction of sp³-hybridized carbons (Fsp3) is 1.00. The van der Waals surface area contributed by atoms with Gasteiger partial charge in [-0.2, -0.15) is 0 Å². The SMILES string of the molecule is COC(CC1(C)NCCS1)OC. The van der Waals surface area contributed by atoms with Crippen LogP contribution < -0.4 is 5.32 Å². The van der Waals surface area contributed by atoms with Crippen LogP contribution in [0, 0.1) is 0 Å². The van der Waals surface area contributed by atoms with E-state index in [1.807, 2.05) is 11.8 Å². The van der Waals surface area contributed by atoms with Crippen molar-refractivity contribution < 1.29 is 9.47 Å². The molecule has 0 aromatic carbocycles. The van der Waals surface area contributed by atoms with Crippen LogP contribution in [0.5, 0.6) is 0 Å². The Morgan fingerprint density at radius 1 is 1.50 bits per heavy atom. The van der Waals surface area contributed by atoms with E-state index in [4.69, 9.17) is 9.47 Å². The first kappa shape index (κ1) is 10.3. The highest BCUT2D eigenvalue weighted by atomic mass is 32.2. The Morgan fingerprint density at radius 3 is 2.58 bits per heavy atom. The average molecular weight is 191 g/mol. The summed E-state index contributed by atoms with van der Waals surface area (Å²) >= 11 is 1.93. The van der Waals surface area contributed by atoms with Crippen molar-refractivity contribution in [3.63, 3.8) is 0 Å². The van der Waals surface area contributed by atoms with Gasteiger partial charge in [-0.05, 0) is 6.92 Å². The smallest absolute Gasteiger partial charge is 0.159 e. The molecule has 0 spiro atoms. The molecule has 1 aliphatic heterocycles. The van der Waals surface area contributed by atoms with Crippen LogP contribution in [0.1, 0.15) is 13.3 Å². The molecule has 0 saturated carbocycles. The van der Waals surface area contributed by atoms with Crippen molar-refractivity contribution in [2.45, 2.75) is 24.5 Å². The lowest BCUT2D eigenvalue weighted by Gasteiger charge is -2.27. The van der Waals surface area contributed by atoms with Gasteiger partial charge < -0.3 is 14.8 Å². The van der Waals surface area contributed by atoms with Gasteiger partial charge >= 0.3 is 0 Å². The van der Waals surface area contributed by atoms with Gasteiger partial charge in [0.25, 0.3) is 0 Å². The molecule has 1 heterocycles. The third-order valence-electron chi connectivity index (χ3n) is 2.10. The van der Waals surface area contributed by atoms with Gasteiger partial charge in [0.1, 0.15) is 0 Å². The molecule has 1 unspecified atom stereocenters. The van der Waals surface area contributed by atoms with E-state index in [2.05, 4.69) is 12.2 Å². The number of hydrogen-bond donors (Lipinski definition) is 1. The Hall–Kier alpha value is 0.230. The van der Waals surface area contributed by atoms with Gasteiger partial charge in [-0.25, -0.2) is 0 Å². The average Bonchev–Trinajstić information content (AvgIpc) is 2.48. The van der Waals surface area contributed by atoms with Gasteiger partial charge in [-0.3, -0.25) is 0 Å². The minimum Gasteiger partial charge on any atom is -0.356 e. The number of methoxy groups -OCH3 is 2. The van der Waals surface area contributed by atoms with Crippen molar-refractivity contribution in [3.8, 4) is 0 Å². The zero-order valence-electron chi connectivity index (χ0n) is 7.92. The van der Waals surface area contributed by atoms with E-state index in [0.717, 1.165) is 13.0 Å². The van der Waals surface area contributed by atoms with Crippen LogP contribution >= 0.6 is 11.8 Å². The predicted molar refractivity (Wildman–Crippen MR) is 51.3 cm³/mol. The highest BCUT2D eigenvalue weighted by molar-refractivity contribution is 8.00. The lowest BCUT2D eigenvalue weighted by molar-refractivity contribution is -0.111. The van der Waals surface area contributed by atoms with Gasteiger partial charge in [0.15, 0.2) is 6.29 Å². The Balaban J connectivity index is 2.36. The van der Waals surface area contributed by atoms with Crippen molar-refractivity contribution in [1.29, 1.82) is 0 Å². The molecule has 1 aliphatic rings. The zero-order chi connectivity index (χ0) is 9.03. The van der Waals surface area contributed by atoms with E-state index in [0.29, 0.717) is 0 Å². The van der Waals surface area contributed by atoms with E-state index in [1.54, 1.807) is 14.2 Å². The molecule has 0 aromatic rings. The van der Waals surface area contributed by atoms with Crippen LogP contribution in [0.3, 0.4) is 0 Å².